The molecule has 3 rings (SSSR count). The molecule has 2 saturated heterocycles. The summed E-state index contributed by atoms with van der Waals surface area (Å²) >= 11 is 6.05. The smallest absolute Gasteiger partial charge is 0.317 e. The van der Waals surface area contributed by atoms with Crippen molar-refractivity contribution in [2.24, 2.45) is 0 Å². The lowest BCUT2D eigenvalue weighted by Gasteiger charge is -2.38. The van der Waals surface area contributed by atoms with Crippen LogP contribution in [0.3, 0.4) is 0 Å². The van der Waals surface area contributed by atoms with Gasteiger partial charge in [0.2, 0.25) is 0 Å². The molecule has 2 fully saturated rings. The van der Waals surface area contributed by atoms with E-state index in [-0.39, 0.29) is 12.1 Å². The van der Waals surface area contributed by atoms with Gasteiger partial charge in [0.1, 0.15) is 0 Å². The number of nitrogens with zero attached hydrogens (tertiary/aromatic N) is 1. The number of ether oxygens (including phenoxy) is 2. The molecule has 2 aliphatic heterocycles. The Morgan fingerprint density at radius 3 is 2.65 bits per heavy atom. The molecule has 0 radical (unpaired) electrons. The molecule has 1 aromatic carbocycles. The van der Waals surface area contributed by atoms with Gasteiger partial charge in [-0.15, -0.1) is 0 Å². The predicted molar refractivity (Wildman–Crippen MR) is 88.5 cm³/mol. The molecule has 0 unspecified atom stereocenters. The molecule has 2 aliphatic rings. The Balaban J connectivity index is 1.58. The second-order valence-electron chi connectivity index (χ2n) is 6.06. The zero-order valence-corrected chi connectivity index (χ0v) is 14.1. The summed E-state index contributed by atoms with van der Waals surface area (Å²) in [6.45, 7) is 4.66. The second kappa shape index (κ2) is 7.07. The molecule has 0 aliphatic carbocycles. The molecule has 0 saturated carbocycles. The van der Waals surface area contributed by atoms with E-state index < -0.39 is 5.79 Å². The lowest BCUT2D eigenvalue weighted by molar-refractivity contribution is -0.181. The zero-order chi connectivity index (χ0) is 16.3. The predicted octanol–water partition coefficient (Wildman–Crippen LogP) is 3.34. The average molecular weight is 339 g/mol. The van der Waals surface area contributed by atoms with Gasteiger partial charge in [0, 0.05) is 31.0 Å². The standard InChI is InChI=1S/C17H23ClN2O3/c1-2-15(13-4-3-5-14(18)12-13)19-16(21)20-8-6-17(7-9-20)22-10-11-23-17/h3-5,12,15H,2,6-11H2,1H3,(H,19,21)/t15-/m1/s1. The van der Waals surface area contributed by atoms with Gasteiger partial charge in [0.15, 0.2) is 5.79 Å². The number of piperidine rings is 1. The molecular weight excluding hydrogens is 316 g/mol. The molecule has 6 heteroatoms. The van der Waals surface area contributed by atoms with Gasteiger partial charge in [-0.05, 0) is 24.1 Å². The van der Waals surface area contributed by atoms with E-state index in [1.807, 2.05) is 29.2 Å². The van der Waals surface area contributed by atoms with Crippen LogP contribution in [0.25, 0.3) is 0 Å². The lowest BCUT2D eigenvalue weighted by Crippen LogP contribution is -2.50. The topological polar surface area (TPSA) is 50.8 Å². The quantitative estimate of drug-likeness (QED) is 0.919. The van der Waals surface area contributed by atoms with E-state index in [0.717, 1.165) is 24.8 Å². The SMILES string of the molecule is CC[C@@H](NC(=O)N1CCC2(CC1)OCCO2)c1cccc(Cl)c1. The van der Waals surface area contributed by atoms with Crippen molar-refractivity contribution in [3.63, 3.8) is 0 Å². The van der Waals surface area contributed by atoms with Crippen LogP contribution in [0.5, 0.6) is 0 Å². The van der Waals surface area contributed by atoms with Crippen LogP contribution in [0.1, 0.15) is 37.8 Å². The van der Waals surface area contributed by atoms with Gasteiger partial charge < -0.3 is 19.7 Å². The number of rotatable bonds is 3. The largest absolute Gasteiger partial charge is 0.347 e. The van der Waals surface area contributed by atoms with Gasteiger partial charge >= 0.3 is 6.03 Å². The van der Waals surface area contributed by atoms with E-state index >= 15 is 0 Å². The molecular formula is C17H23ClN2O3. The van der Waals surface area contributed by atoms with Crippen molar-refractivity contribution in [1.82, 2.24) is 10.2 Å². The minimum absolute atomic E-state index is 0.0314. The van der Waals surface area contributed by atoms with E-state index in [1.165, 1.54) is 0 Å². The summed E-state index contributed by atoms with van der Waals surface area (Å²) in [6, 6.07) is 7.57. The molecule has 1 spiro atoms. The number of urea groups is 1. The van der Waals surface area contributed by atoms with Crippen molar-refractivity contribution in [2.45, 2.75) is 38.0 Å². The number of hydrogen-bond acceptors (Lipinski definition) is 3. The molecule has 2 heterocycles. The van der Waals surface area contributed by atoms with Crippen LogP contribution in [0.2, 0.25) is 5.02 Å². The molecule has 23 heavy (non-hydrogen) atoms. The highest BCUT2D eigenvalue weighted by Crippen LogP contribution is 2.31. The van der Waals surface area contributed by atoms with E-state index in [1.54, 1.807) is 0 Å². The number of halogens is 1. The average Bonchev–Trinajstić information content (AvgIpc) is 3.01. The summed E-state index contributed by atoms with van der Waals surface area (Å²) in [7, 11) is 0. The van der Waals surface area contributed by atoms with E-state index in [2.05, 4.69) is 12.2 Å². The van der Waals surface area contributed by atoms with Gasteiger partial charge in [0.05, 0.1) is 19.3 Å². The van der Waals surface area contributed by atoms with Crippen LogP contribution in [-0.4, -0.2) is 43.0 Å². The van der Waals surface area contributed by atoms with Gasteiger partial charge in [0.25, 0.3) is 0 Å². The Bertz CT molecular complexity index is 551. The lowest BCUT2D eigenvalue weighted by atomic mass is 10.0. The fourth-order valence-corrected chi connectivity index (χ4v) is 3.42. The third-order valence-electron chi connectivity index (χ3n) is 4.58. The first-order valence-corrected chi connectivity index (χ1v) is 8.58. The number of hydrogen-bond donors (Lipinski definition) is 1. The normalized spacial score (nSPS) is 21.4. The molecule has 1 N–H and O–H groups in total. The summed E-state index contributed by atoms with van der Waals surface area (Å²) in [5, 5.41) is 3.79. The first-order valence-electron chi connectivity index (χ1n) is 8.21. The third kappa shape index (κ3) is 3.79. The number of carbonyl (C=O) groups excluding carboxylic acids is 1. The minimum Gasteiger partial charge on any atom is -0.347 e. The fourth-order valence-electron chi connectivity index (χ4n) is 3.22. The number of amides is 2. The Hall–Kier alpha value is -1.30. The zero-order valence-electron chi connectivity index (χ0n) is 13.4. The van der Waals surface area contributed by atoms with Crippen molar-refractivity contribution >= 4 is 17.6 Å². The summed E-state index contributed by atoms with van der Waals surface area (Å²) < 4.78 is 11.4. The molecule has 2 amide bonds. The van der Waals surface area contributed by atoms with Crippen molar-refractivity contribution in [1.29, 1.82) is 0 Å². The van der Waals surface area contributed by atoms with Crippen molar-refractivity contribution < 1.29 is 14.3 Å². The van der Waals surface area contributed by atoms with Crippen LogP contribution >= 0.6 is 11.6 Å². The van der Waals surface area contributed by atoms with Gasteiger partial charge in [-0.1, -0.05) is 30.7 Å². The Kier molecular flexibility index (Phi) is 5.09. The van der Waals surface area contributed by atoms with Gasteiger partial charge in [-0.2, -0.15) is 0 Å². The van der Waals surface area contributed by atoms with Gasteiger partial charge in [-0.25, -0.2) is 4.79 Å². The highest BCUT2D eigenvalue weighted by molar-refractivity contribution is 6.30. The van der Waals surface area contributed by atoms with Crippen molar-refractivity contribution in [3.05, 3.63) is 34.9 Å². The number of likely N-dealkylation sites (tertiary alicyclic amines) is 1. The van der Waals surface area contributed by atoms with Crippen molar-refractivity contribution in [2.75, 3.05) is 26.3 Å². The summed E-state index contributed by atoms with van der Waals surface area (Å²) in [5.74, 6) is -0.451. The first kappa shape index (κ1) is 16.6. The Labute approximate surface area is 141 Å². The maximum Gasteiger partial charge on any atom is 0.317 e. The summed E-state index contributed by atoms with van der Waals surface area (Å²) in [4.78, 5) is 14.4. The van der Waals surface area contributed by atoms with E-state index in [0.29, 0.717) is 31.3 Å². The number of benzene rings is 1. The van der Waals surface area contributed by atoms with Crippen LogP contribution in [0, 0.1) is 0 Å². The highest BCUT2D eigenvalue weighted by Gasteiger charge is 2.40. The minimum atomic E-state index is -0.451. The second-order valence-corrected chi connectivity index (χ2v) is 6.50. The van der Waals surface area contributed by atoms with Crippen LogP contribution in [-0.2, 0) is 9.47 Å². The molecule has 0 aromatic heterocycles. The summed E-state index contributed by atoms with van der Waals surface area (Å²) in [5.41, 5.74) is 1.03. The molecule has 5 nitrogen and oxygen atoms in total. The number of nitrogens with one attached hydrogen (secondary N) is 1. The third-order valence-corrected chi connectivity index (χ3v) is 4.82. The maximum absolute atomic E-state index is 12.5. The van der Waals surface area contributed by atoms with E-state index in [4.69, 9.17) is 21.1 Å². The maximum atomic E-state index is 12.5. The van der Waals surface area contributed by atoms with Crippen molar-refractivity contribution in [3.8, 4) is 0 Å². The van der Waals surface area contributed by atoms with Gasteiger partial charge in [-0.3, -0.25) is 0 Å². The molecule has 0 bridgehead atoms. The monoisotopic (exact) mass is 338 g/mol. The van der Waals surface area contributed by atoms with Crippen LogP contribution in [0.15, 0.2) is 24.3 Å². The first-order chi connectivity index (χ1) is 11.1. The Morgan fingerprint density at radius 1 is 1.35 bits per heavy atom. The Morgan fingerprint density at radius 2 is 2.04 bits per heavy atom. The molecule has 126 valence electrons. The summed E-state index contributed by atoms with van der Waals surface area (Å²) in [6.07, 6.45) is 2.28. The van der Waals surface area contributed by atoms with E-state index in [9.17, 15) is 4.79 Å². The highest BCUT2D eigenvalue weighted by atomic mass is 35.5. The fraction of sp³-hybridized carbons (Fsp3) is 0.588. The molecule has 1 atom stereocenters. The van der Waals surface area contributed by atoms with Crippen LogP contribution in [0.4, 0.5) is 4.79 Å². The number of carbonyl (C=O) groups is 1. The van der Waals surface area contributed by atoms with Crippen LogP contribution < -0.4 is 5.32 Å². The molecule has 1 aromatic rings.